The van der Waals surface area contributed by atoms with E-state index >= 15 is 0 Å². The molecule has 0 saturated heterocycles. The second kappa shape index (κ2) is 8.11. The van der Waals surface area contributed by atoms with Crippen LogP contribution >= 0.6 is 0 Å². The van der Waals surface area contributed by atoms with Crippen LogP contribution in [0.3, 0.4) is 0 Å². The molecule has 1 aromatic heterocycles. The van der Waals surface area contributed by atoms with Gasteiger partial charge in [0.2, 0.25) is 0 Å². The van der Waals surface area contributed by atoms with Crippen molar-refractivity contribution in [2.45, 2.75) is 45.3 Å². The van der Waals surface area contributed by atoms with Crippen LogP contribution < -0.4 is 21.5 Å². The summed E-state index contributed by atoms with van der Waals surface area (Å²) in [6, 6.07) is 13.8. The van der Waals surface area contributed by atoms with Gasteiger partial charge in [-0.05, 0) is 44.4 Å². The van der Waals surface area contributed by atoms with Crippen molar-refractivity contribution in [2.75, 3.05) is 0 Å². The Morgan fingerprint density at radius 3 is 2.43 bits per heavy atom. The van der Waals surface area contributed by atoms with Crippen molar-refractivity contribution in [3.05, 3.63) is 71.7 Å². The summed E-state index contributed by atoms with van der Waals surface area (Å²) in [7, 11) is 0. The molecule has 2 heterocycles. The number of nitrogens with zero attached hydrogens (tertiary/aromatic N) is 2. The summed E-state index contributed by atoms with van der Waals surface area (Å²) in [5.41, 5.74) is 3.06. The maximum absolute atomic E-state index is 13.3. The lowest BCUT2D eigenvalue weighted by molar-refractivity contribution is -0.702. The molecule has 1 aliphatic rings. The van der Waals surface area contributed by atoms with Crippen molar-refractivity contribution in [3.8, 4) is 16.9 Å². The molecule has 2 nitrogen and oxygen atoms in total. The van der Waals surface area contributed by atoms with Crippen molar-refractivity contribution < 1.29 is 34.7 Å². The molecule has 6 heteroatoms. The van der Waals surface area contributed by atoms with E-state index in [0.717, 1.165) is 60.9 Å². The average molecular weight is 451 g/mol. The van der Waals surface area contributed by atoms with Crippen LogP contribution in [-0.2, 0) is 19.1 Å². The smallest absolute Gasteiger partial charge is 0.416 e. The third kappa shape index (κ3) is 4.02. The molecule has 0 unspecified atom stereocenters. The highest BCUT2D eigenvalue weighted by Crippen LogP contribution is 2.32. The Morgan fingerprint density at radius 1 is 0.964 bits per heavy atom. The van der Waals surface area contributed by atoms with Gasteiger partial charge in [-0.15, -0.1) is 0 Å². The molecule has 28 heavy (non-hydrogen) atoms. The van der Waals surface area contributed by atoms with Gasteiger partial charge in [0, 0.05) is 12.0 Å². The van der Waals surface area contributed by atoms with Crippen molar-refractivity contribution in [1.82, 2.24) is 4.57 Å². The second-order valence-corrected chi connectivity index (χ2v) is 7.18. The molecule has 0 spiro atoms. The van der Waals surface area contributed by atoms with Gasteiger partial charge in [0.15, 0.2) is 5.69 Å². The van der Waals surface area contributed by atoms with Crippen LogP contribution in [0.2, 0.25) is 0 Å². The minimum absolute atomic E-state index is 0. The van der Waals surface area contributed by atoms with Crippen molar-refractivity contribution in [3.63, 3.8) is 0 Å². The molecule has 0 fully saturated rings. The fourth-order valence-electron chi connectivity index (χ4n) is 3.78. The highest BCUT2D eigenvalue weighted by Gasteiger charge is 2.33. The Balaban J connectivity index is 0.00000225. The first kappa shape index (κ1) is 20.6. The number of aryl methyl sites for hydroxylation is 2. The van der Waals surface area contributed by atoms with E-state index in [1.807, 2.05) is 35.8 Å². The Hall–Kier alpha value is -2.08. The molecular weight excluding hydrogens is 429 g/mol. The third-order valence-corrected chi connectivity index (χ3v) is 5.19. The van der Waals surface area contributed by atoms with Crippen LogP contribution in [0.1, 0.15) is 36.2 Å². The topological polar surface area (TPSA) is 8.81 Å². The molecule has 0 N–H and O–H groups in total. The van der Waals surface area contributed by atoms with Gasteiger partial charge in [-0.1, -0.05) is 35.9 Å². The number of imidazole rings is 1. The third-order valence-electron chi connectivity index (χ3n) is 5.19. The van der Waals surface area contributed by atoms with Gasteiger partial charge in [0.25, 0.3) is 5.82 Å². The Bertz CT molecular complexity index is 959. The van der Waals surface area contributed by atoms with E-state index in [1.165, 1.54) is 12.1 Å². The molecule has 0 amide bonds. The van der Waals surface area contributed by atoms with Crippen LogP contribution in [0.15, 0.2) is 54.7 Å². The van der Waals surface area contributed by atoms with Crippen molar-refractivity contribution in [1.29, 1.82) is 0 Å². The Morgan fingerprint density at radius 2 is 1.71 bits per heavy atom. The normalized spacial score (nSPS) is 14.1. The van der Waals surface area contributed by atoms with E-state index in [0.29, 0.717) is 5.69 Å². The fourth-order valence-corrected chi connectivity index (χ4v) is 3.78. The summed E-state index contributed by atoms with van der Waals surface area (Å²) in [6.45, 7) is 2.93. The van der Waals surface area contributed by atoms with E-state index in [9.17, 15) is 13.2 Å². The minimum Gasteiger partial charge on any atom is -1.00 e. The van der Waals surface area contributed by atoms with Crippen LogP contribution in [0.25, 0.3) is 16.9 Å². The van der Waals surface area contributed by atoms with E-state index in [1.54, 1.807) is 6.07 Å². The molecule has 3 aromatic rings. The molecule has 2 aromatic carbocycles. The summed E-state index contributed by atoms with van der Waals surface area (Å²) in [5.74, 6) is 1.07. The molecule has 0 saturated carbocycles. The fraction of sp³-hybridized carbons (Fsp3) is 0.318. The summed E-state index contributed by atoms with van der Waals surface area (Å²) >= 11 is 0. The van der Waals surface area contributed by atoms with Gasteiger partial charge in [0.05, 0.1) is 12.1 Å². The van der Waals surface area contributed by atoms with Crippen molar-refractivity contribution in [2.24, 2.45) is 0 Å². The van der Waals surface area contributed by atoms with Crippen LogP contribution in [0.4, 0.5) is 13.2 Å². The zero-order valence-corrected chi connectivity index (χ0v) is 17.2. The molecule has 4 rings (SSSR count). The van der Waals surface area contributed by atoms with E-state index in [4.69, 9.17) is 0 Å². The number of hydrogen-bond acceptors (Lipinski definition) is 0. The number of rotatable bonds is 2. The van der Waals surface area contributed by atoms with Crippen LogP contribution in [0, 0.1) is 6.92 Å². The van der Waals surface area contributed by atoms with Gasteiger partial charge >= 0.3 is 6.18 Å². The maximum atomic E-state index is 13.3. The van der Waals surface area contributed by atoms with Crippen LogP contribution in [0.5, 0.6) is 0 Å². The molecule has 1 aliphatic heterocycles. The first-order valence-electron chi connectivity index (χ1n) is 9.32. The minimum atomic E-state index is -4.35. The number of fused-ring (bicyclic) bond motifs is 1. The van der Waals surface area contributed by atoms with Crippen LogP contribution in [-0.4, -0.2) is 4.57 Å². The molecule has 0 atom stereocenters. The largest absolute Gasteiger partial charge is 1.00 e. The maximum Gasteiger partial charge on any atom is 0.416 e. The highest BCUT2D eigenvalue weighted by molar-refractivity contribution is 5.62. The quantitative estimate of drug-likeness (QED) is 0.530. The van der Waals surface area contributed by atoms with Gasteiger partial charge in [-0.25, -0.2) is 4.57 Å². The molecule has 0 bridgehead atoms. The van der Waals surface area contributed by atoms with Gasteiger partial charge < -0.3 is 17.0 Å². The number of hydrogen-bond donors (Lipinski definition) is 0. The summed E-state index contributed by atoms with van der Waals surface area (Å²) in [5, 5.41) is 0. The molecule has 0 radical (unpaired) electrons. The predicted molar refractivity (Wildman–Crippen MR) is 98.7 cm³/mol. The number of benzene rings is 2. The summed E-state index contributed by atoms with van der Waals surface area (Å²) < 4.78 is 44.0. The standard InChI is InChI=1S/C22H22F3N2.BrH/c1-16-9-11-17(12-10-16)20-15-26-13-4-2-3-8-21(26)27(20)19-7-5-6-18(14-19)22(23,24)25;/h5-7,9-12,14-15H,2-4,8,13H2,1H3;1H/q+1;/p-1. The molecule has 148 valence electrons. The Labute approximate surface area is 173 Å². The zero-order valence-electron chi connectivity index (χ0n) is 15.6. The van der Waals surface area contributed by atoms with Gasteiger partial charge in [-0.2, -0.15) is 17.7 Å². The molecule has 0 aliphatic carbocycles. The Kier molecular flexibility index (Phi) is 5.98. The van der Waals surface area contributed by atoms with E-state index < -0.39 is 11.7 Å². The SMILES string of the molecule is Cc1ccc(-c2c[n+]3c(n2-c2cccc(C(F)(F)F)c2)CCCCC3)cc1.[Br-]. The molecular formula is C22H22BrF3N2. The lowest BCUT2D eigenvalue weighted by atomic mass is 10.1. The lowest BCUT2D eigenvalue weighted by Gasteiger charge is -2.10. The number of alkyl halides is 3. The van der Waals surface area contributed by atoms with E-state index in [2.05, 4.69) is 10.8 Å². The van der Waals surface area contributed by atoms with Crippen molar-refractivity contribution >= 4 is 0 Å². The first-order chi connectivity index (χ1) is 12.9. The lowest BCUT2D eigenvalue weighted by Crippen LogP contribution is -3.00. The monoisotopic (exact) mass is 450 g/mol. The zero-order chi connectivity index (χ0) is 19.0. The number of aromatic nitrogens is 2. The number of halogens is 4. The highest BCUT2D eigenvalue weighted by atomic mass is 79.9. The van der Waals surface area contributed by atoms with Gasteiger partial charge in [0.1, 0.15) is 11.9 Å². The summed E-state index contributed by atoms with van der Waals surface area (Å²) in [4.78, 5) is 0. The summed E-state index contributed by atoms with van der Waals surface area (Å²) in [6.07, 6.45) is 1.89. The predicted octanol–water partition coefficient (Wildman–Crippen LogP) is 2.49. The first-order valence-corrected chi connectivity index (χ1v) is 9.32. The second-order valence-electron chi connectivity index (χ2n) is 7.18. The average Bonchev–Trinajstić information content (AvgIpc) is 2.84. The van der Waals surface area contributed by atoms with Gasteiger partial charge in [-0.3, -0.25) is 0 Å². The van der Waals surface area contributed by atoms with E-state index in [-0.39, 0.29) is 17.0 Å².